The standard InChI is InChI=1S/C9H14N2/c1-7(2)8(3)9-10-5-4-6-11-9/h4-8H,1-3H3/t8-/m1/s1. The van der Waals surface area contributed by atoms with Gasteiger partial charge in [-0.25, -0.2) is 9.97 Å². The van der Waals surface area contributed by atoms with Gasteiger partial charge in [-0.05, 0) is 12.0 Å². The van der Waals surface area contributed by atoms with Crippen molar-refractivity contribution in [3.63, 3.8) is 0 Å². The van der Waals surface area contributed by atoms with Gasteiger partial charge in [-0.1, -0.05) is 20.8 Å². The Hall–Kier alpha value is -0.920. The molecule has 1 aromatic rings. The number of hydrogen-bond acceptors (Lipinski definition) is 2. The van der Waals surface area contributed by atoms with Gasteiger partial charge in [0.15, 0.2) is 0 Å². The molecule has 0 aromatic carbocycles. The molecule has 2 heteroatoms. The van der Waals surface area contributed by atoms with E-state index >= 15 is 0 Å². The topological polar surface area (TPSA) is 25.8 Å². The Bertz CT molecular complexity index is 206. The Morgan fingerprint density at radius 2 is 1.64 bits per heavy atom. The summed E-state index contributed by atoms with van der Waals surface area (Å²) in [5.74, 6) is 2.01. The maximum absolute atomic E-state index is 4.19. The van der Waals surface area contributed by atoms with Gasteiger partial charge < -0.3 is 0 Å². The van der Waals surface area contributed by atoms with Crippen molar-refractivity contribution in [1.29, 1.82) is 0 Å². The average molecular weight is 150 g/mol. The first-order valence-corrected chi connectivity index (χ1v) is 3.98. The van der Waals surface area contributed by atoms with E-state index in [-0.39, 0.29) is 0 Å². The second-order valence-electron chi connectivity index (χ2n) is 3.14. The summed E-state index contributed by atoms with van der Waals surface area (Å²) in [6.45, 7) is 6.52. The van der Waals surface area contributed by atoms with Gasteiger partial charge in [-0.3, -0.25) is 0 Å². The van der Waals surface area contributed by atoms with E-state index in [2.05, 4.69) is 30.7 Å². The van der Waals surface area contributed by atoms with Crippen LogP contribution in [0.25, 0.3) is 0 Å². The molecule has 0 fully saturated rings. The predicted octanol–water partition coefficient (Wildman–Crippen LogP) is 2.24. The summed E-state index contributed by atoms with van der Waals surface area (Å²) in [7, 11) is 0. The van der Waals surface area contributed by atoms with Crippen molar-refractivity contribution >= 4 is 0 Å². The largest absolute Gasteiger partial charge is 0.241 e. The predicted molar refractivity (Wildman–Crippen MR) is 45.3 cm³/mol. The van der Waals surface area contributed by atoms with Crippen LogP contribution in [-0.2, 0) is 0 Å². The molecule has 1 heterocycles. The molecule has 0 N–H and O–H groups in total. The van der Waals surface area contributed by atoms with E-state index < -0.39 is 0 Å². The molecule has 1 aromatic heterocycles. The van der Waals surface area contributed by atoms with Crippen molar-refractivity contribution in [1.82, 2.24) is 9.97 Å². The highest BCUT2D eigenvalue weighted by Crippen LogP contribution is 2.18. The molecule has 60 valence electrons. The van der Waals surface area contributed by atoms with E-state index in [1.165, 1.54) is 0 Å². The lowest BCUT2D eigenvalue weighted by atomic mass is 9.97. The average Bonchev–Trinajstić information content (AvgIpc) is 2.05. The molecular formula is C9H14N2. The lowest BCUT2D eigenvalue weighted by molar-refractivity contribution is 0.510. The maximum atomic E-state index is 4.19. The summed E-state index contributed by atoms with van der Waals surface area (Å²) >= 11 is 0. The first-order chi connectivity index (χ1) is 5.22. The molecular weight excluding hydrogens is 136 g/mol. The Balaban J connectivity index is 2.77. The SMILES string of the molecule is CC(C)[C@@H](C)c1ncccn1. The molecule has 1 rings (SSSR count). The fraction of sp³-hybridized carbons (Fsp3) is 0.556. The third-order valence-electron chi connectivity index (χ3n) is 1.99. The fourth-order valence-corrected chi connectivity index (χ4v) is 0.844. The number of hydrogen-bond donors (Lipinski definition) is 0. The van der Waals surface area contributed by atoms with Gasteiger partial charge in [-0.15, -0.1) is 0 Å². The van der Waals surface area contributed by atoms with E-state index in [4.69, 9.17) is 0 Å². The maximum Gasteiger partial charge on any atom is 0.131 e. The first kappa shape index (κ1) is 8.18. The third-order valence-corrected chi connectivity index (χ3v) is 1.99. The first-order valence-electron chi connectivity index (χ1n) is 3.98. The van der Waals surface area contributed by atoms with Crippen LogP contribution < -0.4 is 0 Å². The molecule has 11 heavy (non-hydrogen) atoms. The summed E-state index contributed by atoms with van der Waals surface area (Å²) in [5.41, 5.74) is 0. The molecule has 0 radical (unpaired) electrons. The highest BCUT2D eigenvalue weighted by Gasteiger charge is 2.11. The van der Waals surface area contributed by atoms with Gasteiger partial charge in [0.25, 0.3) is 0 Å². The minimum atomic E-state index is 0.455. The number of nitrogens with zero attached hydrogens (tertiary/aromatic N) is 2. The highest BCUT2D eigenvalue weighted by atomic mass is 14.9. The lowest BCUT2D eigenvalue weighted by Crippen LogP contribution is -2.05. The summed E-state index contributed by atoms with van der Waals surface area (Å²) in [5, 5.41) is 0. The van der Waals surface area contributed by atoms with Gasteiger partial charge in [0.1, 0.15) is 5.82 Å². The van der Waals surface area contributed by atoms with Crippen molar-refractivity contribution < 1.29 is 0 Å². The molecule has 0 spiro atoms. The van der Waals surface area contributed by atoms with Crippen LogP contribution in [0.2, 0.25) is 0 Å². The summed E-state index contributed by atoms with van der Waals surface area (Å²) in [4.78, 5) is 8.38. The van der Waals surface area contributed by atoms with Crippen molar-refractivity contribution in [2.24, 2.45) is 5.92 Å². The van der Waals surface area contributed by atoms with Crippen molar-refractivity contribution in [3.05, 3.63) is 24.3 Å². The molecule has 0 saturated heterocycles. The normalized spacial score (nSPS) is 13.5. The van der Waals surface area contributed by atoms with E-state index in [0.717, 1.165) is 5.82 Å². The Morgan fingerprint density at radius 1 is 1.09 bits per heavy atom. The second kappa shape index (κ2) is 3.46. The number of aromatic nitrogens is 2. The van der Waals surface area contributed by atoms with E-state index in [0.29, 0.717) is 11.8 Å². The van der Waals surface area contributed by atoms with Crippen LogP contribution in [0.15, 0.2) is 18.5 Å². The molecule has 0 aliphatic rings. The van der Waals surface area contributed by atoms with Crippen molar-refractivity contribution in [2.75, 3.05) is 0 Å². The van der Waals surface area contributed by atoms with Crippen LogP contribution in [0.1, 0.15) is 32.5 Å². The Labute approximate surface area is 67.7 Å². The summed E-state index contributed by atoms with van der Waals surface area (Å²) in [6, 6.07) is 1.84. The number of rotatable bonds is 2. The van der Waals surface area contributed by atoms with Gasteiger partial charge in [0, 0.05) is 18.3 Å². The quantitative estimate of drug-likeness (QED) is 0.646. The lowest BCUT2D eigenvalue weighted by Gasteiger charge is -2.12. The molecule has 0 saturated carbocycles. The third kappa shape index (κ3) is 2.00. The van der Waals surface area contributed by atoms with Gasteiger partial charge in [0.2, 0.25) is 0 Å². The van der Waals surface area contributed by atoms with Crippen LogP contribution in [0, 0.1) is 5.92 Å². The monoisotopic (exact) mass is 150 g/mol. The van der Waals surface area contributed by atoms with E-state index in [1.54, 1.807) is 12.4 Å². The van der Waals surface area contributed by atoms with E-state index in [1.807, 2.05) is 6.07 Å². The second-order valence-corrected chi connectivity index (χ2v) is 3.14. The molecule has 0 bridgehead atoms. The Morgan fingerprint density at radius 3 is 2.09 bits per heavy atom. The van der Waals surface area contributed by atoms with Gasteiger partial charge >= 0.3 is 0 Å². The molecule has 2 nitrogen and oxygen atoms in total. The fourth-order valence-electron chi connectivity index (χ4n) is 0.844. The molecule has 1 atom stereocenters. The van der Waals surface area contributed by atoms with Crippen molar-refractivity contribution in [3.8, 4) is 0 Å². The van der Waals surface area contributed by atoms with Crippen molar-refractivity contribution in [2.45, 2.75) is 26.7 Å². The molecule has 0 unspecified atom stereocenters. The summed E-state index contributed by atoms with van der Waals surface area (Å²) in [6.07, 6.45) is 3.59. The molecule has 0 amide bonds. The zero-order valence-corrected chi connectivity index (χ0v) is 7.28. The van der Waals surface area contributed by atoms with Crippen LogP contribution in [-0.4, -0.2) is 9.97 Å². The highest BCUT2D eigenvalue weighted by molar-refractivity contribution is 4.96. The van der Waals surface area contributed by atoms with Crippen LogP contribution in [0.3, 0.4) is 0 Å². The van der Waals surface area contributed by atoms with E-state index in [9.17, 15) is 0 Å². The van der Waals surface area contributed by atoms with Crippen LogP contribution in [0.4, 0.5) is 0 Å². The zero-order chi connectivity index (χ0) is 8.27. The smallest absolute Gasteiger partial charge is 0.131 e. The zero-order valence-electron chi connectivity index (χ0n) is 7.28. The molecule has 0 aliphatic carbocycles. The molecule has 0 aliphatic heterocycles. The minimum absolute atomic E-state index is 0.455. The van der Waals surface area contributed by atoms with Crippen LogP contribution >= 0.6 is 0 Å². The van der Waals surface area contributed by atoms with Crippen LogP contribution in [0.5, 0.6) is 0 Å². The minimum Gasteiger partial charge on any atom is -0.241 e. The van der Waals surface area contributed by atoms with Gasteiger partial charge in [0.05, 0.1) is 0 Å². The summed E-state index contributed by atoms with van der Waals surface area (Å²) < 4.78 is 0. The van der Waals surface area contributed by atoms with Gasteiger partial charge in [-0.2, -0.15) is 0 Å². The Kier molecular flexibility index (Phi) is 2.58.